The number of halogens is 2. The van der Waals surface area contributed by atoms with Crippen molar-refractivity contribution in [3.8, 4) is 0 Å². The summed E-state index contributed by atoms with van der Waals surface area (Å²) in [6.45, 7) is 0. The second-order valence-electron chi connectivity index (χ2n) is 0.877. The number of carbonyl (C=O) groups excluding carboxylic acids is 1. The van der Waals surface area contributed by atoms with Crippen LogP contribution in [-0.4, -0.2) is 16.0 Å². The quantitative estimate of drug-likeness (QED) is 0.438. The topological polar surface area (TPSA) is 17.1 Å². The van der Waals surface area contributed by atoms with E-state index in [-0.39, 0.29) is 0 Å². The van der Waals surface area contributed by atoms with Gasteiger partial charge in [0.25, 0.3) is 5.78 Å². The summed E-state index contributed by atoms with van der Waals surface area (Å²) in [7, 11) is 0. The third kappa shape index (κ3) is 2.13. The van der Waals surface area contributed by atoms with Gasteiger partial charge >= 0.3 is 0 Å². The van der Waals surface area contributed by atoms with Gasteiger partial charge in [-0.05, 0) is 24.4 Å². The molecule has 0 saturated heterocycles. The lowest BCUT2D eigenvalue weighted by atomic mass is 10.5. The summed E-state index contributed by atoms with van der Waals surface area (Å²) in [4.78, 5) is 9.81. The van der Waals surface area contributed by atoms with Crippen LogP contribution >= 0.6 is 24.4 Å². The van der Waals surface area contributed by atoms with Crippen LogP contribution in [0.2, 0.25) is 0 Å². The van der Waals surface area contributed by atoms with Crippen LogP contribution in [0, 0.1) is 0 Å². The smallest absolute Gasteiger partial charge is 0.272 e. The molecule has 0 heterocycles. The van der Waals surface area contributed by atoms with Crippen LogP contribution in [0.1, 0.15) is 0 Å². The van der Waals surface area contributed by atoms with Crippen molar-refractivity contribution in [2.24, 2.45) is 0 Å². The van der Waals surface area contributed by atoms with Gasteiger partial charge in [0.1, 0.15) is 0 Å². The fourth-order valence-corrected chi connectivity index (χ4v) is 0.321. The molecule has 8 heavy (non-hydrogen) atoms. The molecule has 0 aromatic heterocycles. The average molecular weight is 154 g/mol. The highest BCUT2D eigenvalue weighted by Gasteiger charge is 2.12. The van der Waals surface area contributed by atoms with Crippen LogP contribution in [0.5, 0.6) is 0 Å². The van der Waals surface area contributed by atoms with E-state index in [0.717, 1.165) is 0 Å². The van der Waals surface area contributed by atoms with Crippen LogP contribution in [-0.2, 0) is 4.79 Å². The molecule has 1 nitrogen and oxygen atoms in total. The maximum absolute atomic E-state index is 11.4. The molecule has 0 aliphatic heterocycles. The summed E-state index contributed by atoms with van der Waals surface area (Å²) >= 11 is 7.30. The maximum atomic E-state index is 11.4. The molecular formula is C3F2OS2. The van der Waals surface area contributed by atoms with Crippen molar-refractivity contribution in [2.75, 3.05) is 0 Å². The number of ketones is 1. The molecule has 0 rings (SSSR count). The van der Waals surface area contributed by atoms with E-state index in [1.165, 1.54) is 0 Å². The normalized spacial score (nSPS) is 8.25. The minimum absolute atomic E-state index is 1.52. The van der Waals surface area contributed by atoms with Crippen molar-refractivity contribution in [3.05, 3.63) is 0 Å². The number of hydrogen-bond acceptors (Lipinski definition) is 3. The number of thiocarbonyl (C=S) groups is 2. The van der Waals surface area contributed by atoms with Crippen LogP contribution in [0.4, 0.5) is 8.78 Å². The van der Waals surface area contributed by atoms with Gasteiger partial charge in [0.05, 0.1) is 0 Å². The third-order valence-electron chi connectivity index (χ3n) is 0.357. The van der Waals surface area contributed by atoms with Gasteiger partial charge in [-0.3, -0.25) is 4.79 Å². The minimum atomic E-state index is -1.53. The summed E-state index contributed by atoms with van der Waals surface area (Å²) < 4.78 is 22.8. The van der Waals surface area contributed by atoms with Crippen molar-refractivity contribution >= 4 is 40.5 Å². The van der Waals surface area contributed by atoms with Gasteiger partial charge in [0, 0.05) is 0 Å². The first kappa shape index (κ1) is 7.71. The number of Topliss-reactive ketones (excluding diaryl/α,β-unsaturated/α-hetero) is 1. The summed E-state index contributed by atoms with van der Waals surface area (Å²) in [6.07, 6.45) is 0. The molecule has 0 amide bonds. The predicted molar refractivity (Wildman–Crippen MR) is 32.4 cm³/mol. The molecule has 0 aliphatic rings. The van der Waals surface area contributed by atoms with Crippen molar-refractivity contribution in [1.29, 1.82) is 0 Å². The molecular weight excluding hydrogens is 154 g/mol. The van der Waals surface area contributed by atoms with E-state index in [9.17, 15) is 13.6 Å². The Kier molecular flexibility index (Phi) is 2.78. The molecule has 0 atom stereocenters. The summed E-state index contributed by atoms with van der Waals surface area (Å²) in [5.74, 6) is -1.52. The second kappa shape index (κ2) is 2.88. The lowest BCUT2D eigenvalue weighted by Crippen LogP contribution is -2.12. The molecule has 0 spiro atoms. The lowest BCUT2D eigenvalue weighted by Gasteiger charge is -1.81. The molecule has 0 aromatic rings. The molecule has 5 heteroatoms. The van der Waals surface area contributed by atoms with Gasteiger partial charge in [-0.25, -0.2) is 0 Å². The minimum Gasteiger partial charge on any atom is -0.281 e. The maximum Gasteiger partial charge on any atom is 0.272 e. The molecule has 0 radical (unpaired) electrons. The van der Waals surface area contributed by atoms with Gasteiger partial charge in [-0.1, -0.05) is 0 Å². The summed E-state index contributed by atoms with van der Waals surface area (Å²) in [5.41, 5.74) is 0. The Balaban J connectivity index is 4.05. The standard InChI is InChI=1S/C3F2OS2/c4-2(7)1(6)3(5)8. The van der Waals surface area contributed by atoms with Crippen LogP contribution in [0.15, 0.2) is 0 Å². The Morgan fingerprint density at radius 1 is 1.12 bits per heavy atom. The molecule has 44 valence electrons. The first-order valence-electron chi connectivity index (χ1n) is 1.49. The zero-order chi connectivity index (χ0) is 6.73. The first-order valence-corrected chi connectivity index (χ1v) is 2.31. The van der Waals surface area contributed by atoms with Crippen molar-refractivity contribution < 1.29 is 13.6 Å². The predicted octanol–water partition coefficient (Wildman–Crippen LogP) is 1.15. The van der Waals surface area contributed by atoms with E-state index in [0.29, 0.717) is 0 Å². The zero-order valence-electron chi connectivity index (χ0n) is 3.48. The van der Waals surface area contributed by atoms with Crippen LogP contribution in [0.25, 0.3) is 0 Å². The van der Waals surface area contributed by atoms with E-state index in [1.807, 2.05) is 0 Å². The highest BCUT2D eigenvalue weighted by atomic mass is 32.1. The third-order valence-corrected chi connectivity index (χ3v) is 0.728. The molecule has 0 N–H and O–H groups in total. The molecule has 0 saturated carbocycles. The van der Waals surface area contributed by atoms with E-state index in [1.54, 1.807) is 0 Å². The zero-order valence-corrected chi connectivity index (χ0v) is 5.11. The molecule has 0 aliphatic carbocycles. The largest absolute Gasteiger partial charge is 0.281 e. The molecule has 0 fully saturated rings. The second-order valence-corrected chi connectivity index (χ2v) is 1.59. The van der Waals surface area contributed by atoms with Crippen LogP contribution in [0.3, 0.4) is 0 Å². The highest BCUT2D eigenvalue weighted by Crippen LogP contribution is 1.88. The van der Waals surface area contributed by atoms with E-state index in [4.69, 9.17) is 0 Å². The highest BCUT2D eigenvalue weighted by molar-refractivity contribution is 7.85. The van der Waals surface area contributed by atoms with Gasteiger partial charge in [-0.2, -0.15) is 8.78 Å². The van der Waals surface area contributed by atoms with Crippen molar-refractivity contribution in [1.82, 2.24) is 0 Å². The van der Waals surface area contributed by atoms with E-state index < -0.39 is 16.0 Å². The Morgan fingerprint density at radius 3 is 1.38 bits per heavy atom. The average Bonchev–Trinajstić information content (AvgIpc) is 1.64. The fourth-order valence-electron chi connectivity index (χ4n) is 0.0773. The van der Waals surface area contributed by atoms with Crippen molar-refractivity contribution in [2.45, 2.75) is 0 Å². The molecule has 0 unspecified atom stereocenters. The number of carbonyl (C=O) groups is 1. The molecule has 0 aromatic carbocycles. The van der Waals surface area contributed by atoms with Gasteiger partial charge in [0.15, 0.2) is 0 Å². The summed E-state index contributed by atoms with van der Waals surface area (Å²) in [5, 5.41) is -3.06. The van der Waals surface area contributed by atoms with E-state index in [2.05, 4.69) is 24.4 Å². The Hall–Kier alpha value is -0.290. The number of hydrogen-bond donors (Lipinski definition) is 0. The fraction of sp³-hybridized carbons (Fsp3) is 0. The Labute approximate surface area is 54.7 Å². The van der Waals surface area contributed by atoms with Gasteiger partial charge < -0.3 is 0 Å². The summed E-state index contributed by atoms with van der Waals surface area (Å²) in [6, 6.07) is 0. The van der Waals surface area contributed by atoms with Gasteiger partial charge in [-0.15, -0.1) is 0 Å². The number of rotatable bonds is 2. The SMILES string of the molecule is O=C(C(F)=S)C(F)=S. The Morgan fingerprint density at radius 2 is 1.38 bits per heavy atom. The van der Waals surface area contributed by atoms with Crippen molar-refractivity contribution in [3.63, 3.8) is 0 Å². The molecule has 0 bridgehead atoms. The van der Waals surface area contributed by atoms with E-state index >= 15 is 0 Å². The lowest BCUT2D eigenvalue weighted by molar-refractivity contribution is -0.108. The first-order chi connectivity index (χ1) is 3.55. The van der Waals surface area contributed by atoms with Crippen LogP contribution < -0.4 is 0 Å². The monoisotopic (exact) mass is 154 g/mol. The van der Waals surface area contributed by atoms with Gasteiger partial charge in [0.2, 0.25) is 10.2 Å². The Bertz CT molecular complexity index is 137.